The van der Waals surface area contributed by atoms with Crippen molar-refractivity contribution >= 4 is 33.1 Å². The number of nitrogens with zero attached hydrogens (tertiary/aromatic N) is 1. The molecule has 2 rings (SSSR count). The van der Waals surface area contributed by atoms with Crippen LogP contribution in [-0.4, -0.2) is 13.4 Å². The van der Waals surface area contributed by atoms with Crippen LogP contribution in [0.5, 0.6) is 0 Å². The minimum Gasteiger partial charge on any atom is -0.398 e. The molecule has 0 saturated heterocycles. The average Bonchev–Trinajstić information content (AvgIpc) is 2.34. The van der Waals surface area contributed by atoms with Crippen LogP contribution in [0.25, 0.3) is 0 Å². The van der Waals surface area contributed by atoms with E-state index in [4.69, 9.17) is 17.3 Å². The molecule has 1 heterocycles. The standard InChI is InChI=1S/C12H11ClFN3O2S/c1-7-9(13)5-8(6-10(7)15)20(18,19)17-12-4-2-3-11(14)16-12/h2-6H,15H2,1H3,(H,16,17). The van der Waals surface area contributed by atoms with E-state index in [0.717, 1.165) is 6.07 Å². The Hall–Kier alpha value is -1.86. The summed E-state index contributed by atoms with van der Waals surface area (Å²) in [7, 11) is -3.94. The predicted molar refractivity (Wildman–Crippen MR) is 75.6 cm³/mol. The van der Waals surface area contributed by atoms with Crippen molar-refractivity contribution in [3.05, 3.63) is 46.9 Å². The second kappa shape index (κ2) is 5.26. The van der Waals surface area contributed by atoms with E-state index >= 15 is 0 Å². The molecule has 0 unspecified atom stereocenters. The van der Waals surface area contributed by atoms with Gasteiger partial charge in [-0.15, -0.1) is 0 Å². The zero-order valence-corrected chi connectivity index (χ0v) is 12.0. The summed E-state index contributed by atoms with van der Waals surface area (Å²) < 4.78 is 39.4. The van der Waals surface area contributed by atoms with Gasteiger partial charge in [-0.05, 0) is 36.8 Å². The molecule has 0 aliphatic heterocycles. The van der Waals surface area contributed by atoms with E-state index in [1.54, 1.807) is 6.92 Å². The number of aromatic nitrogens is 1. The van der Waals surface area contributed by atoms with Gasteiger partial charge in [0.2, 0.25) is 5.95 Å². The molecule has 20 heavy (non-hydrogen) atoms. The summed E-state index contributed by atoms with van der Waals surface area (Å²) in [4.78, 5) is 3.31. The quantitative estimate of drug-likeness (QED) is 0.673. The summed E-state index contributed by atoms with van der Waals surface area (Å²) in [6, 6.07) is 6.34. The average molecular weight is 316 g/mol. The molecule has 0 saturated carbocycles. The van der Waals surface area contributed by atoms with Crippen LogP contribution in [0, 0.1) is 12.9 Å². The molecule has 3 N–H and O–H groups in total. The first-order chi connectivity index (χ1) is 9.29. The number of nitrogens with one attached hydrogen (secondary N) is 1. The van der Waals surface area contributed by atoms with Crippen LogP contribution in [0.2, 0.25) is 5.02 Å². The number of nitrogen functional groups attached to an aromatic ring is 1. The Morgan fingerprint density at radius 2 is 2.05 bits per heavy atom. The molecule has 0 bridgehead atoms. The highest BCUT2D eigenvalue weighted by Gasteiger charge is 2.17. The number of rotatable bonds is 3. The molecule has 0 spiro atoms. The molecule has 8 heteroatoms. The Kier molecular flexibility index (Phi) is 3.82. The molecule has 0 atom stereocenters. The van der Waals surface area contributed by atoms with Gasteiger partial charge in [-0.1, -0.05) is 17.7 Å². The first-order valence-electron chi connectivity index (χ1n) is 5.50. The third kappa shape index (κ3) is 3.00. The summed E-state index contributed by atoms with van der Waals surface area (Å²) in [5.74, 6) is -0.910. The van der Waals surface area contributed by atoms with Gasteiger partial charge in [0.15, 0.2) is 0 Å². The van der Waals surface area contributed by atoms with Crippen molar-refractivity contribution in [2.75, 3.05) is 10.5 Å². The van der Waals surface area contributed by atoms with Gasteiger partial charge in [-0.25, -0.2) is 13.4 Å². The van der Waals surface area contributed by atoms with E-state index in [2.05, 4.69) is 9.71 Å². The largest absolute Gasteiger partial charge is 0.398 e. The van der Waals surface area contributed by atoms with Crippen LogP contribution in [-0.2, 0) is 10.0 Å². The number of sulfonamides is 1. The summed E-state index contributed by atoms with van der Waals surface area (Å²) in [5.41, 5.74) is 6.53. The van der Waals surface area contributed by atoms with Crippen molar-refractivity contribution in [1.29, 1.82) is 0 Å². The van der Waals surface area contributed by atoms with E-state index in [1.807, 2.05) is 0 Å². The number of pyridine rings is 1. The third-order valence-electron chi connectivity index (χ3n) is 2.62. The summed E-state index contributed by atoms with van der Waals surface area (Å²) in [6.45, 7) is 1.68. The molecule has 2 aromatic rings. The monoisotopic (exact) mass is 315 g/mol. The van der Waals surface area contributed by atoms with Crippen molar-refractivity contribution in [3.63, 3.8) is 0 Å². The molecule has 1 aromatic carbocycles. The number of halogens is 2. The topological polar surface area (TPSA) is 85.1 Å². The van der Waals surface area contributed by atoms with Gasteiger partial charge >= 0.3 is 0 Å². The second-order valence-corrected chi connectivity index (χ2v) is 6.16. The van der Waals surface area contributed by atoms with Gasteiger partial charge in [0.05, 0.1) is 4.90 Å². The maximum Gasteiger partial charge on any atom is 0.263 e. The lowest BCUT2D eigenvalue weighted by molar-refractivity contribution is 0.584. The van der Waals surface area contributed by atoms with Crippen molar-refractivity contribution in [2.45, 2.75) is 11.8 Å². The van der Waals surface area contributed by atoms with Crippen LogP contribution in [0.1, 0.15) is 5.56 Å². The minimum atomic E-state index is -3.94. The number of hydrogen-bond donors (Lipinski definition) is 2. The zero-order valence-electron chi connectivity index (χ0n) is 10.4. The molecule has 0 radical (unpaired) electrons. The second-order valence-electron chi connectivity index (χ2n) is 4.07. The van der Waals surface area contributed by atoms with Crippen LogP contribution < -0.4 is 10.5 Å². The molecule has 0 fully saturated rings. The number of nitrogens with two attached hydrogens (primary N) is 1. The van der Waals surface area contributed by atoms with Gasteiger partial charge < -0.3 is 5.73 Å². The van der Waals surface area contributed by atoms with E-state index in [-0.39, 0.29) is 21.4 Å². The first-order valence-corrected chi connectivity index (χ1v) is 7.37. The Bertz CT molecular complexity index is 742. The van der Waals surface area contributed by atoms with Crippen molar-refractivity contribution in [2.24, 2.45) is 0 Å². The molecule has 0 aliphatic carbocycles. The maximum atomic E-state index is 12.9. The van der Waals surface area contributed by atoms with E-state index < -0.39 is 16.0 Å². The molecule has 5 nitrogen and oxygen atoms in total. The van der Waals surface area contributed by atoms with Crippen molar-refractivity contribution < 1.29 is 12.8 Å². The van der Waals surface area contributed by atoms with Gasteiger partial charge in [0.1, 0.15) is 5.82 Å². The highest BCUT2D eigenvalue weighted by Crippen LogP contribution is 2.26. The Morgan fingerprint density at radius 3 is 2.65 bits per heavy atom. The third-order valence-corrected chi connectivity index (χ3v) is 4.35. The zero-order chi connectivity index (χ0) is 14.9. The lowest BCUT2D eigenvalue weighted by atomic mass is 10.2. The van der Waals surface area contributed by atoms with Crippen LogP contribution in [0.3, 0.4) is 0 Å². The SMILES string of the molecule is Cc1c(N)cc(S(=O)(=O)Nc2cccc(F)n2)cc1Cl. The Morgan fingerprint density at radius 1 is 1.35 bits per heavy atom. The fraction of sp³-hybridized carbons (Fsp3) is 0.0833. The van der Waals surface area contributed by atoms with Gasteiger partial charge in [0, 0.05) is 10.7 Å². The fourth-order valence-corrected chi connectivity index (χ4v) is 2.84. The summed E-state index contributed by atoms with van der Waals surface area (Å²) in [6.07, 6.45) is 0. The van der Waals surface area contributed by atoms with Gasteiger partial charge in [0.25, 0.3) is 10.0 Å². The molecular formula is C12H11ClFN3O2S. The minimum absolute atomic E-state index is 0.114. The molecule has 0 amide bonds. The Labute approximate surface area is 120 Å². The molecular weight excluding hydrogens is 305 g/mol. The fourth-order valence-electron chi connectivity index (χ4n) is 1.49. The highest BCUT2D eigenvalue weighted by atomic mass is 35.5. The Balaban J connectivity index is 2.41. The normalized spacial score (nSPS) is 11.3. The maximum absolute atomic E-state index is 12.9. The highest BCUT2D eigenvalue weighted by molar-refractivity contribution is 7.92. The van der Waals surface area contributed by atoms with Gasteiger partial charge in [-0.3, -0.25) is 4.72 Å². The lowest BCUT2D eigenvalue weighted by Gasteiger charge is -2.10. The van der Waals surface area contributed by atoms with Crippen LogP contribution >= 0.6 is 11.6 Å². The van der Waals surface area contributed by atoms with E-state index in [1.165, 1.54) is 24.3 Å². The number of benzene rings is 1. The molecule has 106 valence electrons. The van der Waals surface area contributed by atoms with Crippen LogP contribution in [0.4, 0.5) is 15.9 Å². The van der Waals surface area contributed by atoms with Crippen molar-refractivity contribution in [1.82, 2.24) is 4.98 Å². The predicted octanol–water partition coefficient (Wildman–Crippen LogP) is 2.57. The van der Waals surface area contributed by atoms with E-state index in [9.17, 15) is 12.8 Å². The smallest absolute Gasteiger partial charge is 0.263 e. The van der Waals surface area contributed by atoms with E-state index in [0.29, 0.717) is 5.56 Å². The molecule has 1 aromatic heterocycles. The lowest BCUT2D eigenvalue weighted by Crippen LogP contribution is -2.14. The molecule has 0 aliphatic rings. The van der Waals surface area contributed by atoms with Crippen LogP contribution in [0.15, 0.2) is 35.2 Å². The first kappa shape index (κ1) is 14.5. The summed E-state index contributed by atoms with van der Waals surface area (Å²) >= 11 is 5.91. The van der Waals surface area contributed by atoms with Crippen molar-refractivity contribution in [3.8, 4) is 0 Å². The summed E-state index contributed by atoms with van der Waals surface area (Å²) in [5, 5.41) is 0.234. The van der Waals surface area contributed by atoms with Gasteiger partial charge in [-0.2, -0.15) is 4.39 Å². The number of anilines is 2. The number of hydrogen-bond acceptors (Lipinski definition) is 4.